The standard InChI is InChI=1S/C14H20FNO2/c1-9(8-13(16)10(2)14(17)18)7-11-5-3-4-6-12(11)15/h3-6,9-10,13H,7-8,16H2,1-2H3,(H,17,18)/t9-,10?,13-/m0/s1. The van der Waals surface area contributed by atoms with Gasteiger partial charge in [0, 0.05) is 6.04 Å². The van der Waals surface area contributed by atoms with Crippen molar-refractivity contribution >= 4 is 5.97 Å². The van der Waals surface area contributed by atoms with E-state index in [0.717, 1.165) is 0 Å². The van der Waals surface area contributed by atoms with Gasteiger partial charge < -0.3 is 10.8 Å². The molecular weight excluding hydrogens is 233 g/mol. The van der Waals surface area contributed by atoms with Gasteiger partial charge in [-0.2, -0.15) is 0 Å². The Labute approximate surface area is 107 Å². The normalized spacial score (nSPS) is 16.0. The quantitative estimate of drug-likeness (QED) is 0.818. The van der Waals surface area contributed by atoms with Crippen molar-refractivity contribution in [2.24, 2.45) is 17.6 Å². The lowest BCUT2D eigenvalue weighted by Gasteiger charge is -2.20. The van der Waals surface area contributed by atoms with E-state index in [0.29, 0.717) is 18.4 Å². The lowest BCUT2D eigenvalue weighted by atomic mass is 9.89. The van der Waals surface area contributed by atoms with Crippen molar-refractivity contribution in [1.82, 2.24) is 0 Å². The number of carbonyl (C=O) groups is 1. The topological polar surface area (TPSA) is 63.3 Å². The highest BCUT2D eigenvalue weighted by molar-refractivity contribution is 5.70. The van der Waals surface area contributed by atoms with Gasteiger partial charge in [-0.25, -0.2) is 4.39 Å². The van der Waals surface area contributed by atoms with E-state index >= 15 is 0 Å². The van der Waals surface area contributed by atoms with Crippen LogP contribution in [0, 0.1) is 17.7 Å². The highest BCUT2D eigenvalue weighted by Gasteiger charge is 2.22. The number of halogens is 1. The second-order valence-corrected chi connectivity index (χ2v) is 4.93. The van der Waals surface area contributed by atoms with E-state index in [1.807, 2.05) is 6.92 Å². The molecule has 0 amide bonds. The Kier molecular flexibility index (Phi) is 5.28. The van der Waals surface area contributed by atoms with Crippen molar-refractivity contribution in [2.75, 3.05) is 0 Å². The van der Waals surface area contributed by atoms with Crippen LogP contribution in [0.1, 0.15) is 25.8 Å². The van der Waals surface area contributed by atoms with Gasteiger partial charge >= 0.3 is 5.97 Å². The molecule has 0 aliphatic rings. The summed E-state index contributed by atoms with van der Waals surface area (Å²) in [5, 5.41) is 8.86. The molecule has 18 heavy (non-hydrogen) atoms. The number of carboxylic acids is 1. The Bertz CT molecular complexity index is 409. The Hall–Kier alpha value is -1.42. The van der Waals surface area contributed by atoms with Crippen LogP contribution < -0.4 is 5.73 Å². The number of aliphatic carboxylic acids is 1. The van der Waals surface area contributed by atoms with Gasteiger partial charge in [-0.15, -0.1) is 0 Å². The first-order valence-corrected chi connectivity index (χ1v) is 6.13. The van der Waals surface area contributed by atoms with E-state index < -0.39 is 17.9 Å². The second kappa shape index (κ2) is 6.50. The molecule has 0 aliphatic heterocycles. The summed E-state index contributed by atoms with van der Waals surface area (Å²) in [5.41, 5.74) is 6.49. The van der Waals surface area contributed by atoms with E-state index in [9.17, 15) is 9.18 Å². The van der Waals surface area contributed by atoms with Crippen LogP contribution in [-0.4, -0.2) is 17.1 Å². The fourth-order valence-corrected chi connectivity index (χ4v) is 1.97. The molecule has 3 N–H and O–H groups in total. The van der Waals surface area contributed by atoms with Gasteiger partial charge in [-0.3, -0.25) is 4.79 Å². The van der Waals surface area contributed by atoms with Crippen LogP contribution in [-0.2, 0) is 11.2 Å². The summed E-state index contributed by atoms with van der Waals surface area (Å²) >= 11 is 0. The van der Waals surface area contributed by atoms with Gasteiger partial charge in [0.1, 0.15) is 5.82 Å². The Morgan fingerprint density at radius 3 is 2.56 bits per heavy atom. The Morgan fingerprint density at radius 2 is 2.00 bits per heavy atom. The summed E-state index contributed by atoms with van der Waals surface area (Å²) < 4.78 is 13.4. The maximum absolute atomic E-state index is 13.4. The monoisotopic (exact) mass is 253 g/mol. The summed E-state index contributed by atoms with van der Waals surface area (Å²) in [7, 11) is 0. The molecule has 0 saturated carbocycles. The first-order valence-electron chi connectivity index (χ1n) is 6.13. The number of benzene rings is 1. The van der Waals surface area contributed by atoms with E-state index in [2.05, 4.69) is 0 Å². The molecule has 1 aromatic rings. The van der Waals surface area contributed by atoms with Crippen molar-refractivity contribution in [3.63, 3.8) is 0 Å². The number of hydrogen-bond donors (Lipinski definition) is 2. The van der Waals surface area contributed by atoms with Crippen LogP contribution in [0.5, 0.6) is 0 Å². The van der Waals surface area contributed by atoms with Gasteiger partial charge in [-0.1, -0.05) is 32.0 Å². The summed E-state index contributed by atoms with van der Waals surface area (Å²) in [6.07, 6.45) is 1.15. The number of nitrogens with two attached hydrogens (primary N) is 1. The molecule has 0 fully saturated rings. The smallest absolute Gasteiger partial charge is 0.307 e. The Balaban J connectivity index is 2.54. The zero-order valence-corrected chi connectivity index (χ0v) is 10.8. The van der Waals surface area contributed by atoms with Gasteiger partial charge in [0.25, 0.3) is 0 Å². The van der Waals surface area contributed by atoms with Crippen LogP contribution in [0.4, 0.5) is 4.39 Å². The van der Waals surface area contributed by atoms with Crippen LogP contribution in [0.2, 0.25) is 0 Å². The fourth-order valence-electron chi connectivity index (χ4n) is 1.97. The van der Waals surface area contributed by atoms with Crippen LogP contribution in [0.25, 0.3) is 0 Å². The van der Waals surface area contributed by atoms with Gasteiger partial charge in [-0.05, 0) is 30.4 Å². The average molecular weight is 253 g/mol. The molecule has 0 saturated heterocycles. The predicted molar refractivity (Wildman–Crippen MR) is 68.7 cm³/mol. The minimum atomic E-state index is -0.888. The summed E-state index contributed by atoms with van der Waals surface area (Å²) in [5.74, 6) is -1.53. The molecule has 1 aromatic carbocycles. The van der Waals surface area contributed by atoms with E-state index in [-0.39, 0.29) is 11.7 Å². The first kappa shape index (κ1) is 14.6. The lowest BCUT2D eigenvalue weighted by molar-refractivity contribution is -0.141. The third-order valence-corrected chi connectivity index (χ3v) is 3.23. The maximum Gasteiger partial charge on any atom is 0.307 e. The van der Waals surface area contributed by atoms with Crippen molar-refractivity contribution in [3.8, 4) is 0 Å². The van der Waals surface area contributed by atoms with E-state index in [1.54, 1.807) is 25.1 Å². The number of rotatable bonds is 6. The summed E-state index contributed by atoms with van der Waals surface area (Å²) in [6, 6.07) is 6.23. The summed E-state index contributed by atoms with van der Waals surface area (Å²) in [4.78, 5) is 10.8. The second-order valence-electron chi connectivity index (χ2n) is 4.93. The highest BCUT2D eigenvalue weighted by atomic mass is 19.1. The maximum atomic E-state index is 13.4. The highest BCUT2D eigenvalue weighted by Crippen LogP contribution is 2.18. The van der Waals surface area contributed by atoms with Gasteiger partial charge in [0.15, 0.2) is 0 Å². The molecular formula is C14H20FNO2. The van der Waals surface area contributed by atoms with Crippen LogP contribution in [0.3, 0.4) is 0 Å². The Morgan fingerprint density at radius 1 is 1.39 bits per heavy atom. The lowest BCUT2D eigenvalue weighted by Crippen LogP contribution is -2.35. The average Bonchev–Trinajstić information content (AvgIpc) is 2.30. The summed E-state index contributed by atoms with van der Waals surface area (Å²) in [6.45, 7) is 3.56. The SMILES string of the molecule is CC(C(=O)O)[C@@H](N)C[C@@H](C)Cc1ccccc1F. The fraction of sp³-hybridized carbons (Fsp3) is 0.500. The molecule has 0 aliphatic carbocycles. The van der Waals surface area contributed by atoms with Gasteiger partial charge in [0.05, 0.1) is 5.92 Å². The third-order valence-electron chi connectivity index (χ3n) is 3.23. The minimum Gasteiger partial charge on any atom is -0.481 e. The van der Waals surface area contributed by atoms with Crippen LogP contribution >= 0.6 is 0 Å². The van der Waals surface area contributed by atoms with E-state index in [4.69, 9.17) is 10.8 Å². The molecule has 100 valence electrons. The molecule has 1 rings (SSSR count). The molecule has 0 radical (unpaired) electrons. The van der Waals surface area contributed by atoms with Crippen molar-refractivity contribution in [1.29, 1.82) is 0 Å². The molecule has 1 unspecified atom stereocenters. The van der Waals surface area contributed by atoms with Gasteiger partial charge in [0.2, 0.25) is 0 Å². The number of hydrogen-bond acceptors (Lipinski definition) is 2. The largest absolute Gasteiger partial charge is 0.481 e. The molecule has 4 heteroatoms. The molecule has 3 atom stereocenters. The molecule has 0 aromatic heterocycles. The predicted octanol–water partition coefficient (Wildman–Crippen LogP) is 2.44. The van der Waals surface area contributed by atoms with Crippen molar-refractivity contribution < 1.29 is 14.3 Å². The molecule has 0 heterocycles. The number of carboxylic acid groups (broad SMARTS) is 1. The van der Waals surface area contributed by atoms with E-state index in [1.165, 1.54) is 6.07 Å². The van der Waals surface area contributed by atoms with Crippen molar-refractivity contribution in [3.05, 3.63) is 35.6 Å². The molecule has 0 bridgehead atoms. The van der Waals surface area contributed by atoms with Crippen molar-refractivity contribution in [2.45, 2.75) is 32.7 Å². The molecule has 0 spiro atoms. The zero-order chi connectivity index (χ0) is 13.7. The molecule has 3 nitrogen and oxygen atoms in total. The minimum absolute atomic E-state index is 0.152. The zero-order valence-electron chi connectivity index (χ0n) is 10.8. The van der Waals surface area contributed by atoms with Crippen LogP contribution in [0.15, 0.2) is 24.3 Å². The third kappa shape index (κ3) is 4.11. The first-order chi connectivity index (χ1) is 8.41.